The molecule has 12 nitrogen and oxygen atoms in total. The minimum Gasteiger partial charge on any atom is -0.462 e. The largest absolute Gasteiger partial charge is 0.462 e. The summed E-state index contributed by atoms with van der Waals surface area (Å²) in [4.78, 5) is 25.5. The van der Waals surface area contributed by atoms with Crippen LogP contribution in [0.5, 0.6) is 0 Å². The standard InChI is InChI=1S/C51H96O12S/c1-3-5-7-9-11-13-15-17-19-20-21-22-23-24-26-27-29-31-33-35-37-39-46(52)60-41-44(42-61-51-50(56)49(55)48(54)45(63-51)43-64(57,58)59)62-47(53)40-38-36-34-32-30-28-25-18-16-14-12-10-8-6-4-2/h30,32,44-45,48-51,54-56H,3-29,31,33-43H2,1-2H3,(H,57,58,59)/b32-30+/t44-,45-,48-,49?,50?,51+/m1/s1. The molecule has 13 heteroatoms. The van der Waals surface area contributed by atoms with Crippen LogP contribution in [0, 0.1) is 0 Å². The van der Waals surface area contributed by atoms with E-state index in [0.29, 0.717) is 12.8 Å². The molecule has 0 aromatic heterocycles. The first-order chi connectivity index (χ1) is 31.0. The normalized spacial score (nSPS) is 19.6. The lowest BCUT2D eigenvalue weighted by Gasteiger charge is -2.40. The quantitative estimate of drug-likeness (QED) is 0.0196. The minimum absolute atomic E-state index is 0.139. The average molecular weight is 933 g/mol. The predicted octanol–water partition coefficient (Wildman–Crippen LogP) is 11.8. The lowest BCUT2D eigenvalue weighted by molar-refractivity contribution is -0.297. The molecule has 0 bridgehead atoms. The molecule has 1 aliphatic heterocycles. The SMILES string of the molecule is CCCCCCCCCCC/C=C/CCCCC(=O)O[C@H](COC(=O)CCCCCCCCCCCCCCCCCCCCCCC)CO[C@H]1O[C@H](CS(=O)(=O)O)[C@@H](O)C(O)C1O. The molecule has 0 aromatic rings. The van der Waals surface area contributed by atoms with Crippen LogP contribution in [0.1, 0.15) is 245 Å². The maximum Gasteiger partial charge on any atom is 0.306 e. The van der Waals surface area contributed by atoms with Gasteiger partial charge in [-0.3, -0.25) is 14.1 Å². The molecule has 1 fully saturated rings. The maximum absolute atomic E-state index is 12.8. The van der Waals surface area contributed by atoms with E-state index in [-0.39, 0.29) is 19.4 Å². The number of rotatable bonds is 45. The Labute approximate surface area is 390 Å². The van der Waals surface area contributed by atoms with Crippen molar-refractivity contribution in [1.29, 1.82) is 0 Å². The van der Waals surface area contributed by atoms with Crippen LogP contribution in [0.4, 0.5) is 0 Å². The zero-order valence-corrected chi connectivity index (χ0v) is 41.5. The highest BCUT2D eigenvalue weighted by molar-refractivity contribution is 7.85. The van der Waals surface area contributed by atoms with Crippen molar-refractivity contribution in [3.05, 3.63) is 12.2 Å². The number of allylic oxidation sites excluding steroid dienone is 2. The Hall–Kier alpha value is -1.61. The Morgan fingerprint density at radius 3 is 1.33 bits per heavy atom. The van der Waals surface area contributed by atoms with Gasteiger partial charge in [-0.25, -0.2) is 0 Å². The zero-order valence-electron chi connectivity index (χ0n) is 40.7. The first kappa shape index (κ1) is 60.4. The molecule has 0 aromatic carbocycles. The number of aliphatic hydroxyl groups is 3. The van der Waals surface area contributed by atoms with Gasteiger partial charge in [-0.1, -0.05) is 206 Å². The summed E-state index contributed by atoms with van der Waals surface area (Å²) >= 11 is 0. The van der Waals surface area contributed by atoms with Gasteiger partial charge in [0.2, 0.25) is 0 Å². The van der Waals surface area contributed by atoms with Crippen molar-refractivity contribution in [3.8, 4) is 0 Å². The van der Waals surface area contributed by atoms with Gasteiger partial charge in [-0.2, -0.15) is 8.42 Å². The molecule has 0 aliphatic carbocycles. The number of carbonyl (C=O) groups is 2. The van der Waals surface area contributed by atoms with Crippen molar-refractivity contribution in [3.63, 3.8) is 0 Å². The van der Waals surface area contributed by atoms with E-state index >= 15 is 0 Å². The summed E-state index contributed by atoms with van der Waals surface area (Å²) in [5.41, 5.74) is 0. The second-order valence-corrected chi connectivity index (χ2v) is 20.0. The molecular formula is C51H96O12S. The van der Waals surface area contributed by atoms with E-state index in [9.17, 15) is 37.9 Å². The van der Waals surface area contributed by atoms with E-state index < -0.39 is 71.2 Å². The molecular weight excluding hydrogens is 837 g/mol. The summed E-state index contributed by atoms with van der Waals surface area (Å²) in [5, 5.41) is 31.0. The molecule has 6 atom stereocenters. The summed E-state index contributed by atoms with van der Waals surface area (Å²) in [6.07, 6.45) is 36.9. The summed E-state index contributed by atoms with van der Waals surface area (Å²) in [7, 11) is -4.60. The van der Waals surface area contributed by atoms with Gasteiger partial charge < -0.3 is 34.3 Å². The number of hydrogen-bond acceptors (Lipinski definition) is 11. The fourth-order valence-corrected chi connectivity index (χ4v) is 8.95. The van der Waals surface area contributed by atoms with Crippen molar-refractivity contribution in [1.82, 2.24) is 0 Å². The molecule has 1 saturated heterocycles. The second-order valence-electron chi connectivity index (χ2n) is 18.5. The summed E-state index contributed by atoms with van der Waals surface area (Å²) in [6.45, 7) is 3.79. The Morgan fingerprint density at radius 2 is 0.891 bits per heavy atom. The van der Waals surface area contributed by atoms with Crippen molar-refractivity contribution >= 4 is 22.1 Å². The third kappa shape index (κ3) is 35.6. The third-order valence-corrected chi connectivity index (χ3v) is 13.1. The number of ether oxygens (including phenoxy) is 4. The second kappa shape index (κ2) is 41.6. The smallest absolute Gasteiger partial charge is 0.306 e. The van der Waals surface area contributed by atoms with Gasteiger partial charge in [-0.15, -0.1) is 0 Å². The van der Waals surface area contributed by atoms with Crippen molar-refractivity contribution in [2.45, 2.75) is 282 Å². The Kier molecular flexibility index (Phi) is 39.2. The Bertz CT molecular complexity index is 1230. The van der Waals surface area contributed by atoms with Gasteiger partial charge in [-0.05, 0) is 38.5 Å². The monoisotopic (exact) mass is 933 g/mol. The Morgan fingerprint density at radius 1 is 0.516 bits per heavy atom. The first-order valence-corrected chi connectivity index (χ1v) is 27.9. The highest BCUT2D eigenvalue weighted by Crippen LogP contribution is 2.24. The summed E-state index contributed by atoms with van der Waals surface area (Å²) in [5.74, 6) is -1.99. The third-order valence-electron chi connectivity index (χ3n) is 12.3. The fourth-order valence-electron chi connectivity index (χ4n) is 8.26. The number of carbonyl (C=O) groups excluding carboxylic acids is 2. The molecule has 0 saturated carbocycles. The van der Waals surface area contributed by atoms with Gasteiger partial charge in [0.05, 0.1) is 6.61 Å². The number of aliphatic hydroxyl groups excluding tert-OH is 3. The molecule has 64 heavy (non-hydrogen) atoms. The molecule has 2 unspecified atom stereocenters. The van der Waals surface area contributed by atoms with Crippen LogP contribution in [-0.4, -0.2) is 96.0 Å². The lowest BCUT2D eigenvalue weighted by atomic mass is 10.00. The van der Waals surface area contributed by atoms with E-state index in [4.69, 9.17) is 18.9 Å². The molecule has 4 N–H and O–H groups in total. The van der Waals surface area contributed by atoms with E-state index in [0.717, 1.165) is 38.5 Å². The van der Waals surface area contributed by atoms with E-state index in [2.05, 4.69) is 26.0 Å². The first-order valence-electron chi connectivity index (χ1n) is 26.2. The Balaban J connectivity index is 2.34. The van der Waals surface area contributed by atoms with Crippen LogP contribution < -0.4 is 0 Å². The van der Waals surface area contributed by atoms with Gasteiger partial charge >= 0.3 is 11.9 Å². The fraction of sp³-hybridized carbons (Fsp3) is 0.922. The van der Waals surface area contributed by atoms with Crippen LogP contribution in [0.3, 0.4) is 0 Å². The van der Waals surface area contributed by atoms with Crippen LogP contribution in [0.25, 0.3) is 0 Å². The molecule has 1 aliphatic rings. The molecule has 1 heterocycles. The molecule has 378 valence electrons. The van der Waals surface area contributed by atoms with Gasteiger partial charge in [0.15, 0.2) is 12.4 Å². The summed E-state index contributed by atoms with van der Waals surface area (Å²) < 4.78 is 54.2. The van der Waals surface area contributed by atoms with Crippen LogP contribution in [-0.2, 0) is 38.7 Å². The number of esters is 2. The lowest BCUT2D eigenvalue weighted by Crippen LogP contribution is -2.60. The number of hydrogen-bond donors (Lipinski definition) is 4. The summed E-state index contributed by atoms with van der Waals surface area (Å²) in [6, 6.07) is 0. The van der Waals surface area contributed by atoms with Crippen LogP contribution in [0.2, 0.25) is 0 Å². The van der Waals surface area contributed by atoms with E-state index in [1.807, 2.05) is 0 Å². The minimum atomic E-state index is -4.60. The topological polar surface area (TPSA) is 186 Å². The number of unbranched alkanes of at least 4 members (excludes halogenated alkanes) is 31. The van der Waals surface area contributed by atoms with E-state index in [1.54, 1.807) is 0 Å². The highest BCUT2D eigenvalue weighted by Gasteiger charge is 2.46. The van der Waals surface area contributed by atoms with Crippen molar-refractivity contribution in [2.24, 2.45) is 0 Å². The van der Waals surface area contributed by atoms with Crippen molar-refractivity contribution in [2.75, 3.05) is 19.0 Å². The zero-order chi connectivity index (χ0) is 46.9. The molecule has 1 rings (SSSR count). The van der Waals surface area contributed by atoms with E-state index in [1.165, 1.54) is 167 Å². The maximum atomic E-state index is 12.8. The van der Waals surface area contributed by atoms with Crippen LogP contribution >= 0.6 is 0 Å². The van der Waals surface area contributed by atoms with Crippen molar-refractivity contribution < 1.29 is 56.8 Å². The molecule has 0 radical (unpaired) electrons. The average Bonchev–Trinajstić information content (AvgIpc) is 3.26. The molecule has 0 spiro atoms. The van der Waals surface area contributed by atoms with Gasteiger partial charge in [0, 0.05) is 12.8 Å². The van der Waals surface area contributed by atoms with Crippen LogP contribution in [0.15, 0.2) is 12.2 Å². The van der Waals surface area contributed by atoms with Gasteiger partial charge in [0.25, 0.3) is 10.1 Å². The molecule has 0 amide bonds. The predicted molar refractivity (Wildman–Crippen MR) is 257 cm³/mol. The highest BCUT2D eigenvalue weighted by atomic mass is 32.2. The van der Waals surface area contributed by atoms with Gasteiger partial charge in [0.1, 0.15) is 36.8 Å².